The van der Waals surface area contributed by atoms with Crippen LogP contribution >= 0.6 is 0 Å². The van der Waals surface area contributed by atoms with Crippen LogP contribution in [0.5, 0.6) is 5.75 Å². The summed E-state index contributed by atoms with van der Waals surface area (Å²) in [5.41, 5.74) is 3.89. The van der Waals surface area contributed by atoms with E-state index in [0.29, 0.717) is 5.92 Å². The molecule has 0 amide bonds. The van der Waals surface area contributed by atoms with Gasteiger partial charge in [-0.3, -0.25) is 0 Å². The molecular formula is C15H25NO. The minimum Gasteiger partial charge on any atom is -0.496 e. The topological polar surface area (TPSA) is 21.3 Å². The van der Waals surface area contributed by atoms with Crippen molar-refractivity contribution in [3.8, 4) is 5.75 Å². The Balaban J connectivity index is 2.95. The van der Waals surface area contributed by atoms with Crippen LogP contribution in [0.4, 0.5) is 0 Å². The van der Waals surface area contributed by atoms with E-state index in [1.54, 1.807) is 7.11 Å². The van der Waals surface area contributed by atoms with Crippen molar-refractivity contribution in [2.24, 2.45) is 5.92 Å². The highest BCUT2D eigenvalue weighted by molar-refractivity contribution is 5.44. The summed E-state index contributed by atoms with van der Waals surface area (Å²) in [6.45, 7) is 7.58. The lowest BCUT2D eigenvalue weighted by Crippen LogP contribution is -2.20. The van der Waals surface area contributed by atoms with Crippen LogP contribution in [0, 0.1) is 19.8 Å². The molecule has 96 valence electrons. The van der Waals surface area contributed by atoms with Gasteiger partial charge in [-0.2, -0.15) is 0 Å². The lowest BCUT2D eigenvalue weighted by atomic mass is 9.93. The SMILES string of the molecule is CCC(CNC)Cc1cc(C)cc(C)c1OC. The minimum absolute atomic E-state index is 0.676. The van der Waals surface area contributed by atoms with Gasteiger partial charge in [0.1, 0.15) is 5.75 Å². The van der Waals surface area contributed by atoms with Crippen LogP contribution in [0.3, 0.4) is 0 Å². The number of benzene rings is 1. The third-order valence-electron chi connectivity index (χ3n) is 3.28. The van der Waals surface area contributed by atoms with Crippen molar-refractivity contribution in [2.75, 3.05) is 20.7 Å². The number of nitrogens with one attached hydrogen (secondary N) is 1. The van der Waals surface area contributed by atoms with Crippen LogP contribution in [0.15, 0.2) is 12.1 Å². The molecule has 0 fully saturated rings. The molecule has 0 bridgehead atoms. The van der Waals surface area contributed by atoms with Gasteiger partial charge in [0, 0.05) is 0 Å². The molecule has 0 aromatic heterocycles. The Bertz CT molecular complexity index is 360. The molecule has 1 aromatic rings. The highest BCUT2D eigenvalue weighted by atomic mass is 16.5. The molecule has 0 spiro atoms. The van der Waals surface area contributed by atoms with Gasteiger partial charge in [0.2, 0.25) is 0 Å². The molecular weight excluding hydrogens is 210 g/mol. The summed E-state index contributed by atoms with van der Waals surface area (Å²) >= 11 is 0. The van der Waals surface area contributed by atoms with Gasteiger partial charge >= 0.3 is 0 Å². The molecule has 0 aliphatic heterocycles. The molecule has 0 radical (unpaired) electrons. The summed E-state index contributed by atoms with van der Waals surface area (Å²) < 4.78 is 5.53. The van der Waals surface area contributed by atoms with Gasteiger partial charge in [-0.05, 0) is 50.9 Å². The summed E-state index contributed by atoms with van der Waals surface area (Å²) in [5.74, 6) is 1.74. The predicted octanol–water partition coefficient (Wildman–Crippen LogP) is 3.10. The molecule has 17 heavy (non-hydrogen) atoms. The van der Waals surface area contributed by atoms with Crippen LogP contribution in [-0.4, -0.2) is 20.7 Å². The maximum atomic E-state index is 5.53. The summed E-state index contributed by atoms with van der Waals surface area (Å²) in [6.07, 6.45) is 2.28. The van der Waals surface area contributed by atoms with Crippen molar-refractivity contribution < 1.29 is 4.74 Å². The smallest absolute Gasteiger partial charge is 0.124 e. The Morgan fingerprint density at radius 1 is 1.29 bits per heavy atom. The fourth-order valence-corrected chi connectivity index (χ4v) is 2.45. The first kappa shape index (κ1) is 14.0. The third-order valence-corrected chi connectivity index (χ3v) is 3.28. The molecule has 2 nitrogen and oxygen atoms in total. The van der Waals surface area contributed by atoms with Crippen molar-refractivity contribution in [1.82, 2.24) is 5.32 Å². The first-order chi connectivity index (χ1) is 8.12. The number of ether oxygens (including phenoxy) is 1. The number of aryl methyl sites for hydroxylation is 2. The monoisotopic (exact) mass is 235 g/mol. The van der Waals surface area contributed by atoms with E-state index in [2.05, 4.69) is 38.2 Å². The second-order valence-corrected chi connectivity index (χ2v) is 4.81. The minimum atomic E-state index is 0.676. The van der Waals surface area contributed by atoms with E-state index >= 15 is 0 Å². The van der Waals surface area contributed by atoms with Crippen LogP contribution < -0.4 is 10.1 Å². The van der Waals surface area contributed by atoms with Gasteiger partial charge in [0.15, 0.2) is 0 Å². The molecule has 1 unspecified atom stereocenters. The van der Waals surface area contributed by atoms with Crippen molar-refractivity contribution in [2.45, 2.75) is 33.6 Å². The Morgan fingerprint density at radius 3 is 2.53 bits per heavy atom. The molecule has 1 rings (SSSR count). The van der Waals surface area contributed by atoms with Crippen molar-refractivity contribution in [3.05, 3.63) is 28.8 Å². The molecule has 0 saturated carbocycles. The Morgan fingerprint density at radius 2 is 2.00 bits per heavy atom. The number of rotatable bonds is 6. The molecule has 1 aromatic carbocycles. The standard InChI is InChI=1S/C15H25NO/c1-6-13(10-16-4)9-14-8-11(2)7-12(3)15(14)17-5/h7-8,13,16H,6,9-10H2,1-5H3. The third kappa shape index (κ3) is 3.74. The van der Waals surface area contributed by atoms with Crippen LogP contribution in [0.25, 0.3) is 0 Å². The van der Waals surface area contributed by atoms with E-state index in [1.807, 2.05) is 7.05 Å². The van der Waals surface area contributed by atoms with Crippen molar-refractivity contribution in [1.29, 1.82) is 0 Å². The summed E-state index contributed by atoms with van der Waals surface area (Å²) in [6, 6.07) is 4.44. The van der Waals surface area contributed by atoms with Gasteiger partial charge in [-0.25, -0.2) is 0 Å². The van der Waals surface area contributed by atoms with Crippen LogP contribution in [0.2, 0.25) is 0 Å². The molecule has 0 heterocycles. The lowest BCUT2D eigenvalue weighted by Gasteiger charge is -2.18. The van der Waals surface area contributed by atoms with Gasteiger partial charge < -0.3 is 10.1 Å². The zero-order valence-electron chi connectivity index (χ0n) is 11.8. The van der Waals surface area contributed by atoms with Crippen LogP contribution in [0.1, 0.15) is 30.0 Å². The summed E-state index contributed by atoms with van der Waals surface area (Å²) in [4.78, 5) is 0. The normalized spacial score (nSPS) is 12.5. The quantitative estimate of drug-likeness (QED) is 0.818. The Hall–Kier alpha value is -1.02. The lowest BCUT2D eigenvalue weighted by molar-refractivity contribution is 0.397. The fraction of sp³-hybridized carbons (Fsp3) is 0.600. The average Bonchev–Trinajstić information content (AvgIpc) is 2.28. The molecule has 0 saturated heterocycles. The van der Waals surface area contributed by atoms with E-state index in [-0.39, 0.29) is 0 Å². The molecule has 2 heteroatoms. The van der Waals surface area contributed by atoms with E-state index in [0.717, 1.165) is 18.7 Å². The van der Waals surface area contributed by atoms with Crippen LogP contribution in [-0.2, 0) is 6.42 Å². The first-order valence-corrected chi connectivity index (χ1v) is 6.41. The van der Waals surface area contributed by atoms with E-state index in [1.165, 1.54) is 23.1 Å². The highest BCUT2D eigenvalue weighted by Gasteiger charge is 2.12. The molecule has 1 atom stereocenters. The number of hydrogen-bond donors (Lipinski definition) is 1. The highest BCUT2D eigenvalue weighted by Crippen LogP contribution is 2.27. The first-order valence-electron chi connectivity index (χ1n) is 6.41. The summed E-state index contributed by atoms with van der Waals surface area (Å²) in [7, 11) is 3.78. The number of methoxy groups -OCH3 is 1. The summed E-state index contributed by atoms with van der Waals surface area (Å²) in [5, 5.41) is 3.26. The van der Waals surface area contributed by atoms with Gasteiger partial charge in [-0.15, -0.1) is 0 Å². The van der Waals surface area contributed by atoms with Gasteiger partial charge in [0.05, 0.1) is 7.11 Å². The molecule has 0 aliphatic carbocycles. The molecule has 0 aliphatic rings. The molecule has 1 N–H and O–H groups in total. The second-order valence-electron chi connectivity index (χ2n) is 4.81. The number of hydrogen-bond acceptors (Lipinski definition) is 2. The van der Waals surface area contributed by atoms with Gasteiger partial charge in [0.25, 0.3) is 0 Å². The Labute approximate surface area is 105 Å². The maximum Gasteiger partial charge on any atom is 0.124 e. The Kier molecular flexibility index (Phi) is 5.49. The van der Waals surface area contributed by atoms with Crippen molar-refractivity contribution in [3.63, 3.8) is 0 Å². The average molecular weight is 235 g/mol. The van der Waals surface area contributed by atoms with E-state index in [9.17, 15) is 0 Å². The van der Waals surface area contributed by atoms with E-state index in [4.69, 9.17) is 4.74 Å². The fourth-order valence-electron chi connectivity index (χ4n) is 2.45. The second kappa shape index (κ2) is 6.65. The zero-order chi connectivity index (χ0) is 12.8. The van der Waals surface area contributed by atoms with E-state index < -0.39 is 0 Å². The van der Waals surface area contributed by atoms with Gasteiger partial charge in [-0.1, -0.05) is 31.0 Å². The predicted molar refractivity (Wildman–Crippen MR) is 73.9 cm³/mol. The zero-order valence-corrected chi connectivity index (χ0v) is 11.8. The maximum absolute atomic E-state index is 5.53. The van der Waals surface area contributed by atoms with Crippen molar-refractivity contribution >= 4 is 0 Å². The largest absolute Gasteiger partial charge is 0.496 e.